The van der Waals surface area contributed by atoms with E-state index in [9.17, 15) is 9.59 Å². The molecule has 0 aromatic heterocycles. The molecule has 0 aliphatic heterocycles. The van der Waals surface area contributed by atoms with E-state index in [-0.39, 0.29) is 18.7 Å². The number of nitrogens with two attached hydrogens (primary N) is 2. The fraction of sp³-hybridized carbons (Fsp3) is 0.333. The van der Waals surface area contributed by atoms with E-state index in [0.717, 1.165) is 6.08 Å². The first-order chi connectivity index (χ1) is 5.07. The van der Waals surface area contributed by atoms with Crippen molar-refractivity contribution in [1.82, 2.24) is 0 Å². The Kier molecular flexibility index (Phi) is 3.90. The number of primary amides is 1. The number of hydrogen-bond donors (Lipinski definition) is 3. The third-order valence-corrected chi connectivity index (χ3v) is 0.960. The van der Waals surface area contributed by atoms with Gasteiger partial charge in [-0.3, -0.25) is 9.59 Å². The molecule has 11 heavy (non-hydrogen) atoms. The van der Waals surface area contributed by atoms with E-state index in [0.29, 0.717) is 0 Å². The van der Waals surface area contributed by atoms with Crippen molar-refractivity contribution in [3.63, 3.8) is 0 Å². The lowest BCUT2D eigenvalue weighted by atomic mass is 10.2. The summed E-state index contributed by atoms with van der Waals surface area (Å²) in [6.45, 7) is -0.158. The smallest absolute Gasteiger partial charge is 0.289 e. The molecule has 0 aromatic carbocycles. The van der Waals surface area contributed by atoms with Crippen LogP contribution in [-0.2, 0) is 9.59 Å². The third kappa shape index (κ3) is 4.10. The Bertz CT molecular complexity index is 198. The predicted octanol–water partition coefficient (Wildman–Crippen LogP) is -1.73. The number of aliphatic hydroxyl groups is 1. The lowest BCUT2D eigenvalue weighted by molar-refractivity contribution is -0.133. The van der Waals surface area contributed by atoms with Crippen LogP contribution in [0.1, 0.15) is 6.42 Å². The van der Waals surface area contributed by atoms with Crippen molar-refractivity contribution in [2.24, 2.45) is 11.5 Å². The molecule has 0 aliphatic rings. The molecule has 0 aliphatic carbocycles. The Balaban J connectivity index is 4.08. The number of carbonyl (C=O) groups is 2. The summed E-state index contributed by atoms with van der Waals surface area (Å²) < 4.78 is 0. The Morgan fingerprint density at radius 2 is 1.91 bits per heavy atom. The highest BCUT2D eigenvalue weighted by molar-refractivity contribution is 6.40. The van der Waals surface area contributed by atoms with Gasteiger partial charge in [0.15, 0.2) is 0 Å². The molecule has 5 heteroatoms. The van der Waals surface area contributed by atoms with E-state index < -0.39 is 11.7 Å². The van der Waals surface area contributed by atoms with Crippen molar-refractivity contribution in [2.45, 2.75) is 6.42 Å². The van der Waals surface area contributed by atoms with Crippen LogP contribution in [0.2, 0.25) is 0 Å². The molecule has 0 heterocycles. The van der Waals surface area contributed by atoms with Crippen LogP contribution in [0.5, 0.6) is 0 Å². The van der Waals surface area contributed by atoms with Crippen LogP contribution >= 0.6 is 0 Å². The zero-order chi connectivity index (χ0) is 8.85. The van der Waals surface area contributed by atoms with Gasteiger partial charge in [-0.05, 0) is 0 Å². The van der Waals surface area contributed by atoms with E-state index in [1.165, 1.54) is 0 Å². The number of aliphatic hydroxyl groups excluding tert-OH is 1. The summed E-state index contributed by atoms with van der Waals surface area (Å²) in [4.78, 5) is 20.7. The van der Waals surface area contributed by atoms with E-state index in [2.05, 4.69) is 5.73 Å². The number of hydrogen-bond acceptors (Lipinski definition) is 4. The van der Waals surface area contributed by atoms with Crippen LogP contribution in [0.15, 0.2) is 11.8 Å². The van der Waals surface area contributed by atoms with Gasteiger partial charge in [-0.15, -0.1) is 0 Å². The molecule has 0 aromatic rings. The van der Waals surface area contributed by atoms with Crippen molar-refractivity contribution in [1.29, 1.82) is 0 Å². The number of ketones is 1. The van der Waals surface area contributed by atoms with Crippen LogP contribution in [0.25, 0.3) is 0 Å². The van der Waals surface area contributed by atoms with E-state index in [1.54, 1.807) is 0 Å². The maximum Gasteiger partial charge on any atom is 0.289 e. The molecular weight excluding hydrogens is 148 g/mol. The van der Waals surface area contributed by atoms with Gasteiger partial charge in [0.25, 0.3) is 5.91 Å². The van der Waals surface area contributed by atoms with Gasteiger partial charge < -0.3 is 16.6 Å². The summed E-state index contributed by atoms with van der Waals surface area (Å²) in [6.07, 6.45) is 1.08. The molecule has 0 radical (unpaired) electrons. The first-order valence-corrected chi connectivity index (χ1v) is 2.98. The first kappa shape index (κ1) is 9.64. The first-order valence-electron chi connectivity index (χ1n) is 2.98. The van der Waals surface area contributed by atoms with Crippen molar-refractivity contribution in [2.75, 3.05) is 6.61 Å². The zero-order valence-electron chi connectivity index (χ0n) is 5.91. The molecule has 0 rings (SSSR count). The second kappa shape index (κ2) is 4.45. The summed E-state index contributed by atoms with van der Waals surface area (Å²) in [5.41, 5.74) is 9.97. The highest BCUT2D eigenvalue weighted by Crippen LogP contribution is 1.90. The van der Waals surface area contributed by atoms with Gasteiger partial charge in [0.05, 0.1) is 0 Å². The van der Waals surface area contributed by atoms with E-state index in [1.807, 2.05) is 0 Å². The predicted molar refractivity (Wildman–Crippen MR) is 38.2 cm³/mol. The van der Waals surface area contributed by atoms with Gasteiger partial charge in [-0.2, -0.15) is 0 Å². The second-order valence-corrected chi connectivity index (χ2v) is 1.92. The Morgan fingerprint density at radius 3 is 2.27 bits per heavy atom. The van der Waals surface area contributed by atoms with Gasteiger partial charge in [-0.1, -0.05) is 0 Å². The van der Waals surface area contributed by atoms with Crippen molar-refractivity contribution >= 4 is 11.7 Å². The number of carbonyl (C=O) groups excluding carboxylic acids is 2. The maximum atomic E-state index is 10.5. The van der Waals surface area contributed by atoms with Crippen LogP contribution in [0.4, 0.5) is 0 Å². The summed E-state index contributed by atoms with van der Waals surface area (Å²) in [6, 6.07) is 0. The van der Waals surface area contributed by atoms with Crippen LogP contribution in [0.3, 0.4) is 0 Å². The average Bonchev–Trinajstić information content (AvgIpc) is 1.87. The van der Waals surface area contributed by atoms with Crippen molar-refractivity contribution in [3.05, 3.63) is 11.8 Å². The fourth-order valence-corrected chi connectivity index (χ4v) is 0.441. The molecule has 62 valence electrons. The van der Waals surface area contributed by atoms with Gasteiger partial charge in [0.1, 0.15) is 0 Å². The molecule has 5 nitrogen and oxygen atoms in total. The number of amides is 1. The SMILES string of the molecule is NC(=O)C(=O)/C=C(\N)CCO. The van der Waals surface area contributed by atoms with Gasteiger partial charge in [-0.25, -0.2) is 0 Å². The topological polar surface area (TPSA) is 106 Å². The fourth-order valence-electron chi connectivity index (χ4n) is 0.441. The Morgan fingerprint density at radius 1 is 1.36 bits per heavy atom. The number of rotatable bonds is 4. The van der Waals surface area contributed by atoms with Crippen molar-refractivity contribution in [3.8, 4) is 0 Å². The van der Waals surface area contributed by atoms with Crippen LogP contribution in [-0.4, -0.2) is 23.4 Å². The Labute approximate surface area is 63.7 Å². The highest BCUT2D eigenvalue weighted by atomic mass is 16.3. The summed E-state index contributed by atoms with van der Waals surface area (Å²) in [5.74, 6) is -1.90. The molecule has 0 saturated carbocycles. The van der Waals surface area contributed by atoms with Crippen LogP contribution in [0, 0.1) is 0 Å². The molecule has 0 spiro atoms. The largest absolute Gasteiger partial charge is 0.402 e. The van der Waals surface area contributed by atoms with Gasteiger partial charge in [0, 0.05) is 24.8 Å². The molecule has 0 bridgehead atoms. The minimum Gasteiger partial charge on any atom is -0.402 e. The minimum absolute atomic E-state index is 0.149. The highest BCUT2D eigenvalue weighted by Gasteiger charge is 2.04. The second-order valence-electron chi connectivity index (χ2n) is 1.92. The molecule has 1 amide bonds. The molecule has 0 atom stereocenters. The minimum atomic E-state index is -1.05. The van der Waals surface area contributed by atoms with E-state index in [4.69, 9.17) is 10.8 Å². The standard InChI is InChI=1S/C6H10N2O3/c7-4(1-2-9)3-5(10)6(8)11/h3,9H,1-2,7H2,(H2,8,11)/b4-3-. The summed E-state index contributed by atoms with van der Waals surface area (Å²) >= 11 is 0. The quantitative estimate of drug-likeness (QED) is 0.333. The average molecular weight is 158 g/mol. The van der Waals surface area contributed by atoms with Gasteiger partial charge in [0.2, 0.25) is 5.78 Å². The molecule has 0 saturated heterocycles. The molecule has 0 unspecified atom stereocenters. The lowest BCUT2D eigenvalue weighted by Gasteiger charge is -1.94. The third-order valence-electron chi connectivity index (χ3n) is 0.960. The molecular formula is C6H10N2O3. The van der Waals surface area contributed by atoms with Crippen LogP contribution < -0.4 is 11.5 Å². The molecule has 0 fully saturated rings. The van der Waals surface area contributed by atoms with Gasteiger partial charge >= 0.3 is 0 Å². The Hall–Kier alpha value is -1.36. The lowest BCUT2D eigenvalue weighted by Crippen LogP contribution is -2.22. The monoisotopic (exact) mass is 158 g/mol. The van der Waals surface area contributed by atoms with Crippen molar-refractivity contribution < 1.29 is 14.7 Å². The zero-order valence-corrected chi connectivity index (χ0v) is 5.91. The van der Waals surface area contributed by atoms with E-state index >= 15 is 0 Å². The maximum absolute atomic E-state index is 10.5. The summed E-state index contributed by atoms with van der Waals surface area (Å²) in [7, 11) is 0. The molecule has 5 N–H and O–H groups in total. The normalized spacial score (nSPS) is 11.2. The summed E-state index contributed by atoms with van der Waals surface area (Å²) in [5, 5.41) is 8.34.